The number of ether oxygens (including phenoxy) is 2. The number of hydrogen-bond acceptors (Lipinski definition) is 6. The van der Waals surface area contributed by atoms with E-state index in [0.717, 1.165) is 29.8 Å². The van der Waals surface area contributed by atoms with Crippen LogP contribution in [-0.4, -0.2) is 72.6 Å². The molecular formula is C28H32N2O5. The lowest BCUT2D eigenvalue weighted by Gasteiger charge is -2.31. The quantitative estimate of drug-likeness (QED) is 0.271. The molecule has 1 unspecified atom stereocenters. The van der Waals surface area contributed by atoms with Crippen molar-refractivity contribution >= 4 is 17.4 Å². The number of nitrogens with zero attached hydrogens (tertiary/aromatic N) is 2. The molecule has 7 heteroatoms. The Labute approximate surface area is 206 Å². The van der Waals surface area contributed by atoms with Crippen molar-refractivity contribution in [2.24, 2.45) is 0 Å². The first-order valence-electron chi connectivity index (χ1n) is 11.9. The minimum atomic E-state index is -0.665. The molecule has 0 saturated carbocycles. The molecule has 2 aromatic carbocycles. The molecule has 0 aromatic heterocycles. The van der Waals surface area contributed by atoms with Gasteiger partial charge in [0.25, 0.3) is 11.7 Å². The summed E-state index contributed by atoms with van der Waals surface area (Å²) < 4.78 is 11.0. The fourth-order valence-corrected chi connectivity index (χ4v) is 4.57. The molecule has 35 heavy (non-hydrogen) atoms. The van der Waals surface area contributed by atoms with Crippen molar-refractivity contribution in [3.63, 3.8) is 0 Å². The van der Waals surface area contributed by atoms with Crippen LogP contribution in [0.2, 0.25) is 0 Å². The van der Waals surface area contributed by atoms with Gasteiger partial charge in [0.15, 0.2) is 0 Å². The molecule has 2 aliphatic rings. The summed E-state index contributed by atoms with van der Waals surface area (Å²) in [5, 5.41) is 11.4. The summed E-state index contributed by atoms with van der Waals surface area (Å²) >= 11 is 0. The van der Waals surface area contributed by atoms with Gasteiger partial charge in [0.05, 0.1) is 24.8 Å². The number of hydrogen-bond donors (Lipinski definition) is 1. The van der Waals surface area contributed by atoms with Gasteiger partial charge in [-0.2, -0.15) is 0 Å². The number of Topliss-reactive ketones (excluding diaryl/α,β-unsaturated/α-hetero) is 1. The molecular weight excluding hydrogens is 444 g/mol. The summed E-state index contributed by atoms with van der Waals surface area (Å²) in [6.45, 7) is 11.8. The summed E-state index contributed by atoms with van der Waals surface area (Å²) in [5.41, 5.74) is 3.22. The van der Waals surface area contributed by atoms with E-state index in [4.69, 9.17) is 9.47 Å². The summed E-state index contributed by atoms with van der Waals surface area (Å²) in [7, 11) is 0. The minimum absolute atomic E-state index is 0.115. The molecule has 2 aliphatic heterocycles. The Balaban J connectivity index is 1.72. The number of carbonyl (C=O) groups is 2. The second-order valence-corrected chi connectivity index (χ2v) is 8.93. The average molecular weight is 477 g/mol. The highest BCUT2D eigenvalue weighted by Crippen LogP contribution is 2.40. The monoisotopic (exact) mass is 476 g/mol. The summed E-state index contributed by atoms with van der Waals surface area (Å²) in [5.74, 6) is -0.786. The highest BCUT2D eigenvalue weighted by molar-refractivity contribution is 6.46. The Morgan fingerprint density at radius 2 is 1.83 bits per heavy atom. The van der Waals surface area contributed by atoms with Crippen molar-refractivity contribution in [2.45, 2.75) is 19.9 Å². The van der Waals surface area contributed by atoms with E-state index in [2.05, 4.69) is 11.5 Å². The third-order valence-electron chi connectivity index (χ3n) is 6.51. The van der Waals surface area contributed by atoms with E-state index in [9.17, 15) is 14.7 Å². The van der Waals surface area contributed by atoms with Crippen LogP contribution in [0.5, 0.6) is 5.75 Å². The number of carbonyl (C=O) groups excluding carboxylic acids is 2. The lowest BCUT2D eigenvalue weighted by atomic mass is 9.93. The van der Waals surface area contributed by atoms with Crippen molar-refractivity contribution in [1.82, 2.24) is 9.80 Å². The van der Waals surface area contributed by atoms with Gasteiger partial charge in [-0.05, 0) is 43.2 Å². The van der Waals surface area contributed by atoms with Gasteiger partial charge in [-0.15, -0.1) is 0 Å². The minimum Gasteiger partial charge on any atom is -0.507 e. The molecule has 0 radical (unpaired) electrons. The molecule has 2 aromatic rings. The van der Waals surface area contributed by atoms with Gasteiger partial charge in [-0.25, -0.2) is 0 Å². The largest absolute Gasteiger partial charge is 0.507 e. The third kappa shape index (κ3) is 5.31. The zero-order valence-electron chi connectivity index (χ0n) is 20.3. The number of morpholine rings is 1. The van der Waals surface area contributed by atoms with Crippen LogP contribution in [-0.2, 0) is 14.3 Å². The maximum Gasteiger partial charge on any atom is 0.295 e. The van der Waals surface area contributed by atoms with E-state index >= 15 is 0 Å². The second kappa shape index (κ2) is 10.9. The van der Waals surface area contributed by atoms with E-state index < -0.39 is 17.7 Å². The molecule has 0 spiro atoms. The summed E-state index contributed by atoms with van der Waals surface area (Å²) in [6, 6.07) is 12.3. The average Bonchev–Trinajstić information content (AvgIpc) is 3.12. The van der Waals surface area contributed by atoms with Crippen LogP contribution in [0, 0.1) is 13.8 Å². The molecule has 184 valence electrons. The van der Waals surface area contributed by atoms with E-state index in [1.165, 1.54) is 0 Å². The molecule has 2 saturated heterocycles. The van der Waals surface area contributed by atoms with Crippen LogP contribution in [0.1, 0.15) is 28.3 Å². The zero-order chi connectivity index (χ0) is 24.9. The van der Waals surface area contributed by atoms with Crippen molar-refractivity contribution in [1.29, 1.82) is 0 Å². The normalized spacial score (nSPS) is 20.3. The first-order valence-corrected chi connectivity index (χ1v) is 11.9. The number of aliphatic hydroxyl groups excluding tert-OH is 1. The number of benzene rings is 2. The highest BCUT2D eigenvalue weighted by Gasteiger charge is 2.46. The summed E-state index contributed by atoms with van der Waals surface area (Å²) in [4.78, 5) is 30.3. The second-order valence-electron chi connectivity index (χ2n) is 8.93. The fourth-order valence-electron chi connectivity index (χ4n) is 4.57. The van der Waals surface area contributed by atoms with Crippen molar-refractivity contribution in [2.75, 3.05) is 46.0 Å². The first kappa shape index (κ1) is 24.7. The molecule has 4 rings (SSSR count). The molecule has 1 N–H and O–H groups in total. The molecule has 2 heterocycles. The van der Waals surface area contributed by atoms with Crippen LogP contribution < -0.4 is 4.74 Å². The Hall–Kier alpha value is -3.42. The van der Waals surface area contributed by atoms with Gasteiger partial charge in [0, 0.05) is 31.7 Å². The van der Waals surface area contributed by atoms with E-state index in [-0.39, 0.29) is 11.3 Å². The number of amides is 1. The maximum atomic E-state index is 13.3. The van der Waals surface area contributed by atoms with Gasteiger partial charge < -0.3 is 19.5 Å². The number of rotatable bonds is 8. The first-order chi connectivity index (χ1) is 16.9. The number of likely N-dealkylation sites (tertiary alicyclic amines) is 1. The Bertz CT molecular complexity index is 1130. The molecule has 0 bridgehead atoms. The Morgan fingerprint density at radius 3 is 2.49 bits per heavy atom. The molecule has 1 amide bonds. The smallest absolute Gasteiger partial charge is 0.295 e. The predicted molar refractivity (Wildman–Crippen MR) is 134 cm³/mol. The Kier molecular flexibility index (Phi) is 7.68. The lowest BCUT2D eigenvalue weighted by molar-refractivity contribution is -0.140. The van der Waals surface area contributed by atoms with E-state index in [0.29, 0.717) is 44.2 Å². The molecule has 0 aliphatic carbocycles. The fraction of sp³-hybridized carbons (Fsp3) is 0.357. The molecule has 1 atom stereocenters. The summed E-state index contributed by atoms with van der Waals surface area (Å²) in [6.07, 6.45) is 1.66. The van der Waals surface area contributed by atoms with Crippen molar-refractivity contribution in [3.05, 3.63) is 82.9 Å². The van der Waals surface area contributed by atoms with Crippen molar-refractivity contribution in [3.8, 4) is 5.75 Å². The van der Waals surface area contributed by atoms with Crippen molar-refractivity contribution < 1.29 is 24.2 Å². The van der Waals surface area contributed by atoms with Gasteiger partial charge in [0.2, 0.25) is 0 Å². The number of ketones is 1. The molecule has 7 nitrogen and oxygen atoms in total. The Morgan fingerprint density at radius 1 is 1.11 bits per heavy atom. The predicted octanol–water partition coefficient (Wildman–Crippen LogP) is 3.62. The van der Waals surface area contributed by atoms with Crippen LogP contribution in [0.15, 0.2) is 60.7 Å². The van der Waals surface area contributed by atoms with Crippen LogP contribution in [0.25, 0.3) is 5.76 Å². The van der Waals surface area contributed by atoms with Gasteiger partial charge in [0.1, 0.15) is 18.1 Å². The van der Waals surface area contributed by atoms with Gasteiger partial charge in [-0.3, -0.25) is 14.5 Å². The number of aliphatic hydroxyl groups is 1. The van der Waals surface area contributed by atoms with Gasteiger partial charge >= 0.3 is 0 Å². The van der Waals surface area contributed by atoms with Crippen LogP contribution >= 0.6 is 0 Å². The highest BCUT2D eigenvalue weighted by atomic mass is 16.5. The topological polar surface area (TPSA) is 79.3 Å². The standard InChI is InChI=1S/C28H32N2O5/c1-4-15-35-22-9-10-23(20(3)18-22)26(31)24-25(21-7-5-19(2)6-8-21)30(28(33)27(24)32)12-11-29-13-16-34-17-14-29/h4-10,18,25,31H,1,11-17H2,2-3H3/b26-24-. The van der Waals surface area contributed by atoms with E-state index in [1.54, 1.807) is 29.2 Å². The lowest BCUT2D eigenvalue weighted by Crippen LogP contribution is -2.42. The van der Waals surface area contributed by atoms with Gasteiger partial charge in [-0.1, -0.05) is 42.5 Å². The van der Waals surface area contributed by atoms with Crippen LogP contribution in [0.3, 0.4) is 0 Å². The number of aryl methyl sites for hydroxylation is 2. The maximum absolute atomic E-state index is 13.3. The zero-order valence-corrected chi connectivity index (χ0v) is 20.3. The SMILES string of the molecule is C=CCOc1ccc(/C(O)=C2/C(=O)C(=O)N(CCN3CCOCC3)C2c2ccc(C)cc2)c(C)c1. The van der Waals surface area contributed by atoms with E-state index in [1.807, 2.05) is 38.1 Å². The molecule has 2 fully saturated rings. The third-order valence-corrected chi connectivity index (χ3v) is 6.51. The van der Waals surface area contributed by atoms with Crippen LogP contribution in [0.4, 0.5) is 0 Å².